The van der Waals surface area contributed by atoms with Crippen LogP contribution in [0.3, 0.4) is 0 Å². The van der Waals surface area contributed by atoms with Crippen molar-refractivity contribution in [1.82, 2.24) is 10.3 Å². The van der Waals surface area contributed by atoms with Crippen molar-refractivity contribution >= 4 is 22.4 Å². The second kappa shape index (κ2) is 7.24. The summed E-state index contributed by atoms with van der Waals surface area (Å²) in [5.41, 5.74) is 0.446. The van der Waals surface area contributed by atoms with Crippen LogP contribution in [0.15, 0.2) is 5.38 Å². The molecule has 0 fully saturated rings. The maximum Gasteiger partial charge on any atom is 0.271 e. The highest BCUT2D eigenvalue weighted by Gasteiger charge is 2.12. The molecule has 0 saturated heterocycles. The minimum absolute atomic E-state index is 0.0546. The van der Waals surface area contributed by atoms with Gasteiger partial charge in [-0.25, -0.2) is 4.98 Å². The average molecular weight is 257 g/mol. The van der Waals surface area contributed by atoms with Gasteiger partial charge in [0.2, 0.25) is 0 Å². The molecule has 0 aliphatic rings. The molecule has 0 saturated carbocycles. The molecule has 0 spiro atoms. The van der Waals surface area contributed by atoms with E-state index in [2.05, 4.69) is 15.6 Å². The number of rotatable bonds is 7. The molecule has 96 valence electrons. The number of nitrogens with zero attached hydrogens (tertiary/aromatic N) is 1. The number of aromatic nitrogens is 1. The molecule has 0 aliphatic carbocycles. The SMILES string of the molecule is CCNc1nc(C(=O)NC(C)CCCO)cs1. The van der Waals surface area contributed by atoms with Gasteiger partial charge in [-0.2, -0.15) is 0 Å². The molecule has 0 bridgehead atoms. The number of hydrogen-bond acceptors (Lipinski definition) is 5. The van der Waals surface area contributed by atoms with Gasteiger partial charge in [-0.1, -0.05) is 0 Å². The Morgan fingerprint density at radius 1 is 1.65 bits per heavy atom. The highest BCUT2D eigenvalue weighted by Crippen LogP contribution is 2.15. The van der Waals surface area contributed by atoms with Crippen molar-refractivity contribution in [2.75, 3.05) is 18.5 Å². The number of aliphatic hydroxyl groups is 1. The summed E-state index contributed by atoms with van der Waals surface area (Å²) in [7, 11) is 0. The maximum atomic E-state index is 11.8. The first-order chi connectivity index (χ1) is 8.17. The zero-order valence-electron chi connectivity index (χ0n) is 10.2. The predicted molar refractivity (Wildman–Crippen MR) is 69.5 cm³/mol. The monoisotopic (exact) mass is 257 g/mol. The Bertz CT molecular complexity index is 354. The molecule has 1 heterocycles. The molecule has 6 heteroatoms. The summed E-state index contributed by atoms with van der Waals surface area (Å²) in [5, 5.41) is 17.1. The molecule has 0 aliphatic heterocycles. The molecule has 1 rings (SSSR count). The Balaban J connectivity index is 2.45. The first kappa shape index (κ1) is 13.9. The molecule has 1 atom stereocenters. The Morgan fingerprint density at radius 2 is 2.41 bits per heavy atom. The van der Waals surface area contributed by atoms with Crippen LogP contribution in [0.5, 0.6) is 0 Å². The van der Waals surface area contributed by atoms with Crippen LogP contribution in [-0.4, -0.2) is 35.2 Å². The summed E-state index contributed by atoms with van der Waals surface area (Å²) in [6, 6.07) is 0.0546. The Hall–Kier alpha value is -1.14. The van der Waals surface area contributed by atoms with Crippen molar-refractivity contribution in [1.29, 1.82) is 0 Å². The molecule has 0 radical (unpaired) electrons. The van der Waals surface area contributed by atoms with E-state index in [1.807, 2.05) is 13.8 Å². The van der Waals surface area contributed by atoms with Crippen LogP contribution in [0.4, 0.5) is 5.13 Å². The number of aliphatic hydroxyl groups excluding tert-OH is 1. The van der Waals surface area contributed by atoms with Crippen LogP contribution in [0.1, 0.15) is 37.2 Å². The van der Waals surface area contributed by atoms with E-state index in [0.717, 1.165) is 18.1 Å². The highest BCUT2D eigenvalue weighted by molar-refractivity contribution is 7.13. The molecule has 5 nitrogen and oxygen atoms in total. The van der Waals surface area contributed by atoms with E-state index in [0.29, 0.717) is 12.1 Å². The molecule has 1 unspecified atom stereocenters. The lowest BCUT2D eigenvalue weighted by molar-refractivity contribution is 0.0932. The molecular formula is C11H19N3O2S. The van der Waals surface area contributed by atoms with Crippen LogP contribution >= 0.6 is 11.3 Å². The van der Waals surface area contributed by atoms with Crippen LogP contribution in [0.2, 0.25) is 0 Å². The van der Waals surface area contributed by atoms with Gasteiger partial charge in [-0.3, -0.25) is 4.79 Å². The van der Waals surface area contributed by atoms with Crippen molar-refractivity contribution in [3.63, 3.8) is 0 Å². The summed E-state index contributed by atoms with van der Waals surface area (Å²) < 4.78 is 0. The topological polar surface area (TPSA) is 74.2 Å². The predicted octanol–water partition coefficient (Wildman–Crippen LogP) is 1.47. The lowest BCUT2D eigenvalue weighted by atomic mass is 10.2. The first-order valence-corrected chi connectivity index (χ1v) is 6.66. The van der Waals surface area contributed by atoms with Crippen molar-refractivity contribution < 1.29 is 9.90 Å². The number of amides is 1. The Morgan fingerprint density at radius 3 is 3.06 bits per heavy atom. The standard InChI is InChI=1S/C11H19N3O2S/c1-3-12-11-14-9(7-17-11)10(16)13-8(2)5-4-6-15/h7-8,15H,3-6H2,1-2H3,(H,12,14)(H,13,16). The van der Waals surface area contributed by atoms with Crippen LogP contribution in [0.25, 0.3) is 0 Å². The quantitative estimate of drug-likeness (QED) is 0.691. The molecular weight excluding hydrogens is 238 g/mol. The van der Waals surface area contributed by atoms with E-state index in [1.54, 1.807) is 5.38 Å². The van der Waals surface area contributed by atoms with Crippen molar-refractivity contribution in [3.8, 4) is 0 Å². The van der Waals surface area contributed by atoms with Crippen LogP contribution in [-0.2, 0) is 0 Å². The summed E-state index contributed by atoms with van der Waals surface area (Å²) in [6.45, 7) is 4.85. The van der Waals surface area contributed by atoms with Gasteiger partial charge in [0, 0.05) is 24.6 Å². The Kier molecular flexibility index (Phi) is 5.93. The van der Waals surface area contributed by atoms with Crippen molar-refractivity contribution in [3.05, 3.63) is 11.1 Å². The van der Waals surface area contributed by atoms with Crippen LogP contribution < -0.4 is 10.6 Å². The number of carbonyl (C=O) groups excluding carboxylic acids is 1. The van der Waals surface area contributed by atoms with E-state index in [4.69, 9.17) is 5.11 Å². The summed E-state index contributed by atoms with van der Waals surface area (Å²) >= 11 is 1.42. The minimum atomic E-state index is -0.157. The highest BCUT2D eigenvalue weighted by atomic mass is 32.1. The smallest absolute Gasteiger partial charge is 0.271 e. The zero-order chi connectivity index (χ0) is 12.7. The largest absolute Gasteiger partial charge is 0.396 e. The fourth-order valence-electron chi connectivity index (χ4n) is 1.38. The average Bonchev–Trinajstić information content (AvgIpc) is 2.75. The molecule has 1 amide bonds. The third-order valence-electron chi connectivity index (χ3n) is 2.24. The van der Waals surface area contributed by atoms with Gasteiger partial charge < -0.3 is 15.7 Å². The van der Waals surface area contributed by atoms with Crippen molar-refractivity contribution in [2.45, 2.75) is 32.7 Å². The van der Waals surface area contributed by atoms with Crippen LogP contribution in [0, 0.1) is 0 Å². The number of anilines is 1. The van der Waals surface area contributed by atoms with E-state index in [9.17, 15) is 4.79 Å². The van der Waals surface area contributed by atoms with Gasteiger partial charge in [0.1, 0.15) is 5.69 Å². The van der Waals surface area contributed by atoms with E-state index >= 15 is 0 Å². The minimum Gasteiger partial charge on any atom is -0.396 e. The van der Waals surface area contributed by atoms with Gasteiger partial charge in [0.25, 0.3) is 5.91 Å². The van der Waals surface area contributed by atoms with Gasteiger partial charge in [0.05, 0.1) is 0 Å². The van der Waals surface area contributed by atoms with Gasteiger partial charge in [0.15, 0.2) is 5.13 Å². The third-order valence-corrected chi connectivity index (χ3v) is 3.04. The molecule has 1 aromatic rings. The van der Waals surface area contributed by atoms with Gasteiger partial charge in [-0.15, -0.1) is 11.3 Å². The fraction of sp³-hybridized carbons (Fsp3) is 0.636. The first-order valence-electron chi connectivity index (χ1n) is 5.78. The zero-order valence-corrected chi connectivity index (χ0v) is 11.0. The molecule has 17 heavy (non-hydrogen) atoms. The number of carbonyl (C=O) groups is 1. The van der Waals surface area contributed by atoms with Crippen molar-refractivity contribution in [2.24, 2.45) is 0 Å². The van der Waals surface area contributed by atoms with Gasteiger partial charge >= 0.3 is 0 Å². The maximum absolute atomic E-state index is 11.8. The lowest BCUT2D eigenvalue weighted by Crippen LogP contribution is -2.32. The summed E-state index contributed by atoms with van der Waals surface area (Å²) in [5.74, 6) is -0.157. The second-order valence-corrected chi connectivity index (χ2v) is 4.67. The number of thiazole rings is 1. The van der Waals surface area contributed by atoms with E-state index in [-0.39, 0.29) is 18.6 Å². The molecule has 3 N–H and O–H groups in total. The summed E-state index contributed by atoms with van der Waals surface area (Å²) in [6.07, 6.45) is 1.47. The lowest BCUT2D eigenvalue weighted by Gasteiger charge is -2.11. The van der Waals surface area contributed by atoms with Gasteiger partial charge in [-0.05, 0) is 26.7 Å². The fourth-order valence-corrected chi connectivity index (χ4v) is 2.14. The Labute approximate surface area is 105 Å². The van der Waals surface area contributed by atoms with E-state index in [1.165, 1.54) is 11.3 Å². The number of hydrogen-bond donors (Lipinski definition) is 3. The third kappa shape index (κ3) is 4.70. The molecule has 0 aromatic carbocycles. The summed E-state index contributed by atoms with van der Waals surface area (Å²) in [4.78, 5) is 16.0. The second-order valence-electron chi connectivity index (χ2n) is 3.81. The van der Waals surface area contributed by atoms with E-state index < -0.39 is 0 Å². The molecule has 1 aromatic heterocycles. The number of nitrogens with one attached hydrogen (secondary N) is 2. The normalized spacial score (nSPS) is 12.2.